The third-order valence-electron chi connectivity index (χ3n) is 2.56. The van der Waals surface area contributed by atoms with Crippen LogP contribution in [-0.4, -0.2) is 17.6 Å². The number of aliphatic imine (C=N–C) groups is 1. The first-order valence-electron chi connectivity index (χ1n) is 3.80. The van der Waals surface area contributed by atoms with Crippen molar-refractivity contribution in [3.05, 3.63) is 0 Å². The fourth-order valence-electron chi connectivity index (χ4n) is 1.22. The van der Waals surface area contributed by atoms with Gasteiger partial charge in [0.2, 0.25) is 0 Å². The van der Waals surface area contributed by atoms with Crippen LogP contribution in [0.3, 0.4) is 0 Å². The van der Waals surface area contributed by atoms with Crippen molar-refractivity contribution < 1.29 is 0 Å². The molecule has 0 radical (unpaired) electrons. The molecular formula is C8H14ClN. The highest BCUT2D eigenvalue weighted by molar-refractivity contribution is 6.28. The van der Waals surface area contributed by atoms with Crippen LogP contribution in [0.25, 0.3) is 0 Å². The first-order chi connectivity index (χ1) is 4.63. The maximum Gasteiger partial charge on any atom is 0.0712 e. The first kappa shape index (κ1) is 8.06. The fourth-order valence-corrected chi connectivity index (χ4v) is 1.51. The Hall–Kier alpha value is -0.0400. The zero-order chi connectivity index (χ0) is 7.72. The Kier molecular flexibility index (Phi) is 2.35. The summed E-state index contributed by atoms with van der Waals surface area (Å²) in [4.78, 5) is 4.29. The van der Waals surface area contributed by atoms with Crippen molar-refractivity contribution in [2.24, 2.45) is 16.8 Å². The Bertz CT molecular complexity index is 128. The van der Waals surface area contributed by atoms with Crippen molar-refractivity contribution in [2.75, 3.05) is 0 Å². The summed E-state index contributed by atoms with van der Waals surface area (Å²) in [6, 6.07) is 0.449. The normalized spacial score (nSPS) is 47.6. The molecule has 0 aromatic rings. The lowest BCUT2D eigenvalue weighted by atomic mass is 9.86. The van der Waals surface area contributed by atoms with E-state index >= 15 is 0 Å². The second-order valence-corrected chi connectivity index (χ2v) is 3.71. The summed E-state index contributed by atoms with van der Waals surface area (Å²) in [5, 5.41) is 0.145. The lowest BCUT2D eigenvalue weighted by Gasteiger charge is -2.29. The third kappa shape index (κ3) is 1.34. The number of nitrogens with zero attached hydrogens (tertiary/aromatic N) is 1. The summed E-state index contributed by atoms with van der Waals surface area (Å²) in [6.45, 7) is 6.53. The Morgan fingerprint density at radius 3 is 2.30 bits per heavy atom. The van der Waals surface area contributed by atoms with E-state index in [1.165, 1.54) is 0 Å². The standard InChI is InChI=1S/C8H14ClN/c1-5-6(2)8(9)4-10-7(5)3/h4-8H,1-3H3. The molecule has 1 aliphatic rings. The van der Waals surface area contributed by atoms with E-state index in [2.05, 4.69) is 25.8 Å². The minimum Gasteiger partial charge on any atom is -0.293 e. The Balaban J connectivity index is 2.69. The summed E-state index contributed by atoms with van der Waals surface area (Å²) in [6.07, 6.45) is 1.87. The summed E-state index contributed by atoms with van der Waals surface area (Å²) >= 11 is 5.98. The first-order valence-corrected chi connectivity index (χ1v) is 4.24. The lowest BCUT2D eigenvalue weighted by Crippen LogP contribution is -2.32. The van der Waals surface area contributed by atoms with Gasteiger partial charge in [0, 0.05) is 12.3 Å². The van der Waals surface area contributed by atoms with Crippen LogP contribution < -0.4 is 0 Å². The molecule has 58 valence electrons. The molecule has 4 atom stereocenters. The van der Waals surface area contributed by atoms with Crippen LogP contribution in [0.15, 0.2) is 4.99 Å². The molecule has 0 fully saturated rings. The number of rotatable bonds is 0. The molecule has 1 heterocycles. The van der Waals surface area contributed by atoms with Crippen LogP contribution in [0.1, 0.15) is 20.8 Å². The van der Waals surface area contributed by atoms with Crippen molar-refractivity contribution in [1.29, 1.82) is 0 Å². The number of halogens is 1. The SMILES string of the molecule is CC1N=CC(Cl)C(C)C1C. The van der Waals surface area contributed by atoms with E-state index in [1.54, 1.807) is 0 Å². The monoisotopic (exact) mass is 159 g/mol. The van der Waals surface area contributed by atoms with Gasteiger partial charge in [0.05, 0.1) is 5.38 Å². The van der Waals surface area contributed by atoms with Gasteiger partial charge in [-0.15, -0.1) is 11.6 Å². The van der Waals surface area contributed by atoms with E-state index < -0.39 is 0 Å². The second kappa shape index (κ2) is 2.91. The molecule has 1 rings (SSSR count). The van der Waals surface area contributed by atoms with Gasteiger partial charge in [0.15, 0.2) is 0 Å². The molecule has 0 aliphatic carbocycles. The topological polar surface area (TPSA) is 12.4 Å². The van der Waals surface area contributed by atoms with Gasteiger partial charge in [0.1, 0.15) is 0 Å². The molecule has 1 nitrogen and oxygen atoms in total. The molecule has 2 heteroatoms. The molecular weight excluding hydrogens is 146 g/mol. The highest BCUT2D eigenvalue weighted by Crippen LogP contribution is 2.26. The molecule has 0 aromatic heterocycles. The predicted molar refractivity (Wildman–Crippen MR) is 45.9 cm³/mol. The highest BCUT2D eigenvalue weighted by atomic mass is 35.5. The summed E-state index contributed by atoms with van der Waals surface area (Å²) in [5.74, 6) is 1.18. The maximum absolute atomic E-state index is 5.98. The Morgan fingerprint density at radius 1 is 1.20 bits per heavy atom. The largest absolute Gasteiger partial charge is 0.293 e. The third-order valence-corrected chi connectivity index (χ3v) is 3.07. The molecule has 0 bridgehead atoms. The van der Waals surface area contributed by atoms with Gasteiger partial charge in [0.25, 0.3) is 0 Å². The number of alkyl halides is 1. The van der Waals surface area contributed by atoms with Crippen molar-refractivity contribution >= 4 is 17.8 Å². The van der Waals surface area contributed by atoms with Crippen molar-refractivity contribution in [1.82, 2.24) is 0 Å². The minimum atomic E-state index is 0.145. The van der Waals surface area contributed by atoms with Crippen LogP contribution >= 0.6 is 11.6 Å². The fraction of sp³-hybridized carbons (Fsp3) is 0.875. The van der Waals surface area contributed by atoms with Crippen LogP contribution in [0.2, 0.25) is 0 Å². The Morgan fingerprint density at radius 2 is 1.80 bits per heavy atom. The number of hydrogen-bond donors (Lipinski definition) is 0. The van der Waals surface area contributed by atoms with Crippen molar-refractivity contribution in [2.45, 2.75) is 32.2 Å². The van der Waals surface area contributed by atoms with E-state index in [-0.39, 0.29) is 5.38 Å². The average molecular weight is 160 g/mol. The molecule has 10 heavy (non-hydrogen) atoms. The van der Waals surface area contributed by atoms with Crippen LogP contribution in [-0.2, 0) is 0 Å². The quantitative estimate of drug-likeness (QED) is 0.482. The van der Waals surface area contributed by atoms with Gasteiger partial charge >= 0.3 is 0 Å². The lowest BCUT2D eigenvalue weighted by molar-refractivity contribution is 0.338. The van der Waals surface area contributed by atoms with Gasteiger partial charge in [-0.25, -0.2) is 0 Å². The predicted octanol–water partition coefficient (Wildman–Crippen LogP) is 2.34. The maximum atomic E-state index is 5.98. The molecule has 0 N–H and O–H groups in total. The Labute approximate surface area is 67.5 Å². The average Bonchev–Trinajstić information content (AvgIpc) is 1.93. The van der Waals surface area contributed by atoms with E-state index in [0.717, 1.165) is 0 Å². The molecule has 0 amide bonds. The second-order valence-electron chi connectivity index (χ2n) is 3.20. The van der Waals surface area contributed by atoms with Crippen molar-refractivity contribution in [3.8, 4) is 0 Å². The van der Waals surface area contributed by atoms with Crippen LogP contribution in [0, 0.1) is 11.8 Å². The smallest absolute Gasteiger partial charge is 0.0712 e. The van der Waals surface area contributed by atoms with Gasteiger partial charge in [-0.2, -0.15) is 0 Å². The van der Waals surface area contributed by atoms with E-state index in [1.807, 2.05) is 6.21 Å². The molecule has 0 saturated heterocycles. The zero-order valence-corrected chi connectivity index (χ0v) is 7.47. The van der Waals surface area contributed by atoms with E-state index in [4.69, 9.17) is 11.6 Å². The zero-order valence-electron chi connectivity index (χ0n) is 6.71. The summed E-state index contributed by atoms with van der Waals surface area (Å²) in [5.41, 5.74) is 0. The van der Waals surface area contributed by atoms with Crippen LogP contribution in [0.5, 0.6) is 0 Å². The highest BCUT2D eigenvalue weighted by Gasteiger charge is 2.27. The van der Waals surface area contributed by atoms with Crippen molar-refractivity contribution in [3.63, 3.8) is 0 Å². The summed E-state index contributed by atoms with van der Waals surface area (Å²) < 4.78 is 0. The van der Waals surface area contributed by atoms with Gasteiger partial charge in [-0.05, 0) is 18.8 Å². The van der Waals surface area contributed by atoms with E-state index in [9.17, 15) is 0 Å². The van der Waals surface area contributed by atoms with Crippen LogP contribution in [0.4, 0.5) is 0 Å². The summed E-state index contributed by atoms with van der Waals surface area (Å²) in [7, 11) is 0. The van der Waals surface area contributed by atoms with Gasteiger partial charge < -0.3 is 0 Å². The molecule has 0 spiro atoms. The van der Waals surface area contributed by atoms with Gasteiger partial charge in [-0.3, -0.25) is 4.99 Å². The molecule has 4 unspecified atom stereocenters. The minimum absolute atomic E-state index is 0.145. The molecule has 0 saturated carbocycles. The molecule has 0 aromatic carbocycles. The molecule has 1 aliphatic heterocycles. The van der Waals surface area contributed by atoms with E-state index in [0.29, 0.717) is 17.9 Å². The van der Waals surface area contributed by atoms with Gasteiger partial charge in [-0.1, -0.05) is 13.8 Å². The number of hydrogen-bond acceptors (Lipinski definition) is 1.